The van der Waals surface area contributed by atoms with Crippen LogP contribution in [0.5, 0.6) is 0 Å². The Morgan fingerprint density at radius 2 is 1.94 bits per heavy atom. The summed E-state index contributed by atoms with van der Waals surface area (Å²) in [5.41, 5.74) is 2.10. The van der Waals surface area contributed by atoms with Gasteiger partial charge in [-0.3, -0.25) is 9.48 Å². The third-order valence-electron chi connectivity index (χ3n) is 2.93. The molecule has 0 saturated carbocycles. The van der Waals surface area contributed by atoms with E-state index in [1.807, 2.05) is 50.4 Å². The van der Waals surface area contributed by atoms with Crippen LogP contribution < -0.4 is 5.56 Å². The largest absolute Gasteiger partial charge is 0.285 e. The van der Waals surface area contributed by atoms with Crippen molar-refractivity contribution in [3.05, 3.63) is 51.9 Å². The van der Waals surface area contributed by atoms with Crippen LogP contribution in [0.3, 0.4) is 0 Å². The normalized spacial score (nSPS) is 10.2. The Balaban J connectivity index is 2.69. The Morgan fingerprint density at radius 1 is 1.29 bits per heavy atom. The van der Waals surface area contributed by atoms with Crippen molar-refractivity contribution >= 4 is 0 Å². The second-order valence-corrected chi connectivity index (χ2v) is 3.87. The Hall–Kier alpha value is -2.28. The zero-order valence-electron chi connectivity index (χ0n) is 9.84. The van der Waals surface area contributed by atoms with E-state index >= 15 is 0 Å². The molecule has 1 aromatic heterocycles. The second-order valence-electron chi connectivity index (χ2n) is 3.87. The zero-order chi connectivity index (χ0) is 12.4. The van der Waals surface area contributed by atoms with Crippen LogP contribution in [-0.2, 0) is 13.5 Å². The first kappa shape index (κ1) is 11.2. The van der Waals surface area contributed by atoms with E-state index in [4.69, 9.17) is 5.26 Å². The van der Waals surface area contributed by atoms with Gasteiger partial charge < -0.3 is 0 Å². The molecule has 2 rings (SSSR count). The maximum absolute atomic E-state index is 12.2. The molecule has 1 aromatic carbocycles. The summed E-state index contributed by atoms with van der Waals surface area (Å²) in [4.78, 5) is 12.2. The van der Waals surface area contributed by atoms with Gasteiger partial charge in [0.2, 0.25) is 0 Å². The van der Waals surface area contributed by atoms with Gasteiger partial charge in [-0.25, -0.2) is 4.68 Å². The zero-order valence-corrected chi connectivity index (χ0v) is 9.84. The molecule has 0 atom stereocenters. The Kier molecular flexibility index (Phi) is 2.84. The van der Waals surface area contributed by atoms with Crippen LogP contribution in [0.15, 0.2) is 35.1 Å². The predicted octanol–water partition coefficient (Wildman–Crippen LogP) is 1.55. The molecular formula is C13H13N3O. The first-order chi connectivity index (χ1) is 8.16. The molecule has 4 nitrogen and oxygen atoms in total. The molecule has 0 spiro atoms. The van der Waals surface area contributed by atoms with Gasteiger partial charge in [0, 0.05) is 12.7 Å². The van der Waals surface area contributed by atoms with Gasteiger partial charge in [0.1, 0.15) is 0 Å². The van der Waals surface area contributed by atoms with Crippen LogP contribution in [-0.4, -0.2) is 9.36 Å². The monoisotopic (exact) mass is 227 g/mol. The minimum absolute atomic E-state index is 0.113. The topological polar surface area (TPSA) is 50.7 Å². The van der Waals surface area contributed by atoms with E-state index in [1.165, 1.54) is 0 Å². The quantitative estimate of drug-likeness (QED) is 0.781. The Bertz CT molecular complexity index is 629. The summed E-state index contributed by atoms with van der Waals surface area (Å²) in [5, 5.41) is 8.73. The minimum atomic E-state index is -0.113. The maximum Gasteiger partial charge on any atom is 0.275 e. The highest BCUT2D eigenvalue weighted by Crippen LogP contribution is 2.09. The van der Waals surface area contributed by atoms with Crippen LogP contribution >= 0.6 is 0 Å². The average molecular weight is 227 g/mol. The molecule has 0 saturated heterocycles. The number of nitriles is 1. The molecule has 0 N–H and O–H groups in total. The van der Waals surface area contributed by atoms with Crippen molar-refractivity contribution in [3.8, 4) is 11.8 Å². The molecule has 4 heteroatoms. The van der Waals surface area contributed by atoms with Gasteiger partial charge in [0.15, 0.2) is 0 Å². The summed E-state index contributed by atoms with van der Waals surface area (Å²) in [5.74, 6) is 0. The lowest BCUT2D eigenvalue weighted by Gasteiger charge is -2.07. The Labute approximate surface area is 99.3 Å². The van der Waals surface area contributed by atoms with Crippen molar-refractivity contribution in [2.75, 3.05) is 0 Å². The van der Waals surface area contributed by atoms with E-state index in [-0.39, 0.29) is 12.0 Å². The molecule has 86 valence electrons. The molecule has 0 aliphatic rings. The second kappa shape index (κ2) is 4.30. The maximum atomic E-state index is 12.2. The SMILES string of the molecule is Cc1c(CC#N)c(=O)n(-c2ccccc2)n1C. The standard InChI is InChI=1S/C13H13N3O/c1-10-12(8-9-14)13(17)16(15(10)2)11-6-4-3-5-7-11/h3-7H,8H2,1-2H3. The molecule has 2 aromatic rings. The number of hydrogen-bond acceptors (Lipinski definition) is 2. The van der Waals surface area contributed by atoms with Gasteiger partial charge in [-0.05, 0) is 19.1 Å². The van der Waals surface area contributed by atoms with Crippen LogP contribution in [0.1, 0.15) is 11.3 Å². The molecule has 0 bridgehead atoms. The van der Waals surface area contributed by atoms with E-state index in [0.717, 1.165) is 11.4 Å². The number of benzene rings is 1. The third kappa shape index (κ3) is 1.76. The fourth-order valence-electron chi connectivity index (χ4n) is 1.91. The molecule has 0 aliphatic carbocycles. The van der Waals surface area contributed by atoms with E-state index in [0.29, 0.717) is 5.56 Å². The number of aromatic nitrogens is 2. The number of para-hydroxylation sites is 1. The summed E-state index contributed by atoms with van der Waals surface area (Å²) < 4.78 is 3.37. The van der Waals surface area contributed by atoms with Crippen LogP contribution in [0.2, 0.25) is 0 Å². The van der Waals surface area contributed by atoms with Gasteiger partial charge in [-0.15, -0.1) is 0 Å². The summed E-state index contributed by atoms with van der Waals surface area (Å²) >= 11 is 0. The molecule has 0 radical (unpaired) electrons. The smallest absolute Gasteiger partial charge is 0.275 e. The first-order valence-corrected chi connectivity index (χ1v) is 5.36. The molecule has 1 heterocycles. The summed E-state index contributed by atoms with van der Waals surface area (Å²) in [6.07, 6.45) is 0.151. The van der Waals surface area contributed by atoms with Crippen molar-refractivity contribution in [1.29, 1.82) is 5.26 Å². The summed E-state index contributed by atoms with van der Waals surface area (Å²) in [6.45, 7) is 1.85. The molecule has 0 aliphatic heterocycles. The Morgan fingerprint density at radius 3 is 2.53 bits per heavy atom. The highest BCUT2D eigenvalue weighted by molar-refractivity contribution is 5.34. The van der Waals surface area contributed by atoms with Gasteiger partial charge in [0.05, 0.1) is 23.7 Å². The van der Waals surface area contributed by atoms with Gasteiger partial charge >= 0.3 is 0 Å². The number of rotatable bonds is 2. The fourth-order valence-corrected chi connectivity index (χ4v) is 1.91. The lowest BCUT2D eigenvalue weighted by molar-refractivity contribution is 0.630. The minimum Gasteiger partial charge on any atom is -0.285 e. The summed E-state index contributed by atoms with van der Waals surface area (Å²) in [7, 11) is 1.82. The van der Waals surface area contributed by atoms with E-state index in [2.05, 4.69) is 0 Å². The number of nitrogens with zero attached hydrogens (tertiary/aromatic N) is 3. The summed E-state index contributed by atoms with van der Waals surface area (Å²) in [6, 6.07) is 11.4. The molecule has 0 unspecified atom stereocenters. The van der Waals surface area contributed by atoms with Crippen molar-refractivity contribution in [2.45, 2.75) is 13.3 Å². The van der Waals surface area contributed by atoms with E-state index in [1.54, 1.807) is 9.36 Å². The fraction of sp³-hybridized carbons (Fsp3) is 0.231. The van der Waals surface area contributed by atoms with Gasteiger partial charge in [-0.1, -0.05) is 18.2 Å². The van der Waals surface area contributed by atoms with Gasteiger partial charge in [-0.2, -0.15) is 5.26 Å². The van der Waals surface area contributed by atoms with Crippen molar-refractivity contribution in [1.82, 2.24) is 9.36 Å². The molecule has 0 fully saturated rings. The highest BCUT2D eigenvalue weighted by Gasteiger charge is 2.14. The van der Waals surface area contributed by atoms with Crippen LogP contribution in [0, 0.1) is 18.3 Å². The lowest BCUT2D eigenvalue weighted by Crippen LogP contribution is -2.20. The van der Waals surface area contributed by atoms with Crippen molar-refractivity contribution in [2.24, 2.45) is 7.05 Å². The van der Waals surface area contributed by atoms with Gasteiger partial charge in [0.25, 0.3) is 5.56 Å². The molecular weight excluding hydrogens is 214 g/mol. The van der Waals surface area contributed by atoms with Crippen molar-refractivity contribution in [3.63, 3.8) is 0 Å². The van der Waals surface area contributed by atoms with Crippen molar-refractivity contribution < 1.29 is 0 Å². The third-order valence-corrected chi connectivity index (χ3v) is 2.93. The molecule has 0 amide bonds. The van der Waals surface area contributed by atoms with Crippen LogP contribution in [0.4, 0.5) is 0 Å². The van der Waals surface area contributed by atoms with Crippen LogP contribution in [0.25, 0.3) is 5.69 Å². The van der Waals surface area contributed by atoms with E-state index in [9.17, 15) is 4.79 Å². The number of hydrogen-bond donors (Lipinski definition) is 0. The van der Waals surface area contributed by atoms with E-state index < -0.39 is 0 Å². The molecule has 17 heavy (non-hydrogen) atoms. The predicted molar refractivity (Wildman–Crippen MR) is 65.1 cm³/mol. The lowest BCUT2D eigenvalue weighted by atomic mass is 10.2. The first-order valence-electron chi connectivity index (χ1n) is 5.36. The highest BCUT2D eigenvalue weighted by atomic mass is 16.1. The average Bonchev–Trinajstić information content (AvgIpc) is 2.55.